The van der Waals surface area contributed by atoms with Crippen molar-refractivity contribution in [3.63, 3.8) is 0 Å². The number of sulfone groups is 1. The molecule has 1 aromatic carbocycles. The van der Waals surface area contributed by atoms with E-state index in [0.717, 1.165) is 43.6 Å². The Balaban J connectivity index is 1.25. The molecule has 1 unspecified atom stereocenters. The number of halogens is 1. The summed E-state index contributed by atoms with van der Waals surface area (Å²) in [5, 5.41) is 9.05. The molecule has 0 radical (unpaired) electrons. The number of pyridine rings is 3. The van der Waals surface area contributed by atoms with Gasteiger partial charge in [-0.1, -0.05) is 12.8 Å². The molecule has 5 heterocycles. The van der Waals surface area contributed by atoms with Crippen LogP contribution in [0.1, 0.15) is 36.6 Å². The van der Waals surface area contributed by atoms with Crippen LogP contribution in [0.5, 0.6) is 0 Å². The Hall–Kier alpha value is -5.08. The number of benzene rings is 1. The maximum atomic E-state index is 14.7. The highest BCUT2D eigenvalue weighted by Gasteiger charge is 2.24. The number of rotatable bonds is 7. The smallest absolute Gasteiger partial charge is 0.227 e. The number of hydrogen-bond acceptors (Lipinski definition) is 9. The van der Waals surface area contributed by atoms with Gasteiger partial charge < -0.3 is 16.0 Å². The first kappa shape index (κ1) is 28.7. The van der Waals surface area contributed by atoms with Gasteiger partial charge in [0.1, 0.15) is 16.7 Å². The molecule has 0 aliphatic heterocycles. The predicted molar refractivity (Wildman–Crippen MR) is 168 cm³/mol. The summed E-state index contributed by atoms with van der Waals surface area (Å²) in [6, 6.07) is 9.44. The van der Waals surface area contributed by atoms with Gasteiger partial charge in [-0.3, -0.25) is 19.9 Å². The van der Waals surface area contributed by atoms with Crippen LogP contribution in [0.3, 0.4) is 0 Å². The molecule has 1 fully saturated rings. The Kier molecular flexibility index (Phi) is 7.09. The number of carbonyl (C=O) groups excluding carboxylic acids is 1. The summed E-state index contributed by atoms with van der Waals surface area (Å²) in [7, 11) is -3.66. The van der Waals surface area contributed by atoms with Crippen LogP contribution in [0.15, 0.2) is 61.2 Å². The molecule has 0 bridgehead atoms. The maximum Gasteiger partial charge on any atom is 0.227 e. The van der Waals surface area contributed by atoms with Crippen LogP contribution in [0, 0.1) is 11.7 Å². The van der Waals surface area contributed by atoms with Crippen molar-refractivity contribution in [1.29, 1.82) is 0 Å². The quantitative estimate of drug-likeness (QED) is 0.192. The van der Waals surface area contributed by atoms with Gasteiger partial charge in [0.15, 0.2) is 21.4 Å². The van der Waals surface area contributed by atoms with E-state index in [1.54, 1.807) is 18.6 Å². The van der Waals surface area contributed by atoms with Crippen molar-refractivity contribution in [3.8, 4) is 33.9 Å². The lowest BCUT2D eigenvalue weighted by Crippen LogP contribution is -2.20. The number of amides is 1. The summed E-state index contributed by atoms with van der Waals surface area (Å²) in [6.07, 6.45) is 11.4. The molecule has 1 aliphatic rings. The van der Waals surface area contributed by atoms with Gasteiger partial charge in [-0.15, -0.1) is 0 Å². The number of nitrogens with two attached hydrogens (primary N) is 1. The molecule has 7 rings (SSSR count). The highest BCUT2D eigenvalue weighted by molar-refractivity contribution is 7.90. The summed E-state index contributed by atoms with van der Waals surface area (Å²) in [5.41, 5.74) is 11.5. The molecule has 14 heteroatoms. The molecule has 5 N–H and O–H groups in total. The fraction of sp³-hybridized carbons (Fsp3) is 0.226. The third-order valence-corrected chi connectivity index (χ3v) is 9.27. The molecule has 0 spiro atoms. The Labute approximate surface area is 256 Å². The van der Waals surface area contributed by atoms with Crippen LogP contribution in [-0.2, 0) is 14.6 Å². The van der Waals surface area contributed by atoms with E-state index >= 15 is 0 Å². The highest BCUT2D eigenvalue weighted by Crippen LogP contribution is 2.33. The summed E-state index contributed by atoms with van der Waals surface area (Å²) in [6.45, 7) is 0. The summed E-state index contributed by atoms with van der Waals surface area (Å²) < 4.78 is 38.8. The van der Waals surface area contributed by atoms with Crippen LogP contribution >= 0.6 is 0 Å². The number of anilines is 1. The predicted octanol–water partition coefficient (Wildman–Crippen LogP) is 4.89. The van der Waals surface area contributed by atoms with Crippen LogP contribution in [0.4, 0.5) is 10.1 Å². The van der Waals surface area contributed by atoms with Crippen LogP contribution in [0.2, 0.25) is 0 Å². The number of nitrogens with one attached hydrogen (secondary N) is 3. The second kappa shape index (κ2) is 11.1. The third-order valence-electron chi connectivity index (χ3n) is 8.07. The Morgan fingerprint density at radius 3 is 2.58 bits per heavy atom. The Bertz CT molecular complexity index is 2210. The van der Waals surface area contributed by atoms with E-state index < -0.39 is 21.0 Å². The summed E-state index contributed by atoms with van der Waals surface area (Å²) in [4.78, 5) is 34.1. The molecule has 1 amide bonds. The molecule has 228 valence electrons. The molecular formula is C31H28FN9O3S. The topological polar surface area (TPSA) is 185 Å². The molecule has 0 saturated heterocycles. The summed E-state index contributed by atoms with van der Waals surface area (Å²) in [5.74, 6) is -0.195. The van der Waals surface area contributed by atoms with Crippen LogP contribution in [0.25, 0.3) is 56.0 Å². The first-order valence-corrected chi connectivity index (χ1v) is 16.3. The van der Waals surface area contributed by atoms with E-state index in [1.165, 1.54) is 18.3 Å². The monoisotopic (exact) mass is 625 g/mol. The van der Waals surface area contributed by atoms with E-state index in [2.05, 4.69) is 30.5 Å². The van der Waals surface area contributed by atoms with Gasteiger partial charge in [-0.05, 0) is 60.4 Å². The normalized spacial score (nSPS) is 14.7. The van der Waals surface area contributed by atoms with E-state index in [1.807, 2.05) is 18.2 Å². The molecule has 1 atom stereocenters. The number of fused-ring (bicyclic) bond motifs is 2. The number of aromatic amines is 2. The lowest BCUT2D eigenvalue weighted by Gasteiger charge is -2.12. The highest BCUT2D eigenvalue weighted by atomic mass is 32.2. The van der Waals surface area contributed by atoms with E-state index in [0.29, 0.717) is 56.1 Å². The second-order valence-corrected chi connectivity index (χ2v) is 13.5. The average Bonchev–Trinajstić information content (AvgIpc) is 3.79. The standard InChI is InChI=1S/C31H28FN9O3S/c1-45(43,44)29(33)18-8-17(9-20(32)10-18)22-14-35-15-25-26(22)39-30(38-25)28-27-24(40-41-28)7-6-23(37-27)19-11-21(13-34-12-19)36-31(42)16-4-2-3-5-16/h6-16,29H,2-5,33H2,1H3,(H,36,42)(H,38,39)(H,40,41). The molecule has 45 heavy (non-hydrogen) atoms. The van der Waals surface area contributed by atoms with Gasteiger partial charge in [-0.2, -0.15) is 5.10 Å². The van der Waals surface area contributed by atoms with E-state index in [9.17, 15) is 17.6 Å². The lowest BCUT2D eigenvalue weighted by molar-refractivity contribution is -0.119. The van der Waals surface area contributed by atoms with Crippen molar-refractivity contribution < 1.29 is 17.6 Å². The first-order chi connectivity index (χ1) is 21.6. The fourth-order valence-corrected chi connectivity index (χ4v) is 6.37. The number of nitrogens with zero attached hydrogens (tertiary/aromatic N) is 5. The lowest BCUT2D eigenvalue weighted by atomic mass is 10.0. The number of aromatic nitrogens is 7. The van der Waals surface area contributed by atoms with Crippen molar-refractivity contribution >= 4 is 43.5 Å². The number of carbonyl (C=O) groups is 1. The first-order valence-electron chi connectivity index (χ1n) is 14.3. The zero-order valence-electron chi connectivity index (χ0n) is 24.1. The van der Waals surface area contributed by atoms with E-state index in [4.69, 9.17) is 15.7 Å². The van der Waals surface area contributed by atoms with Gasteiger partial charge in [0.25, 0.3) is 0 Å². The molecule has 6 aromatic rings. The number of imidazole rings is 1. The molecule has 1 aliphatic carbocycles. The minimum atomic E-state index is -3.66. The maximum absolute atomic E-state index is 14.7. The zero-order valence-corrected chi connectivity index (χ0v) is 24.9. The minimum absolute atomic E-state index is 0.0124. The van der Waals surface area contributed by atoms with Gasteiger partial charge in [0.2, 0.25) is 5.91 Å². The zero-order chi connectivity index (χ0) is 31.3. The third kappa shape index (κ3) is 5.53. The molecule has 5 aromatic heterocycles. The van der Waals surface area contributed by atoms with Crippen molar-refractivity contribution in [1.82, 2.24) is 35.1 Å². The van der Waals surface area contributed by atoms with Gasteiger partial charge in [-0.25, -0.2) is 22.8 Å². The molecule has 12 nitrogen and oxygen atoms in total. The van der Waals surface area contributed by atoms with E-state index in [-0.39, 0.29) is 17.4 Å². The van der Waals surface area contributed by atoms with Crippen molar-refractivity contribution in [2.45, 2.75) is 31.1 Å². The number of H-pyrrole nitrogens is 2. The van der Waals surface area contributed by atoms with Crippen LogP contribution < -0.4 is 11.1 Å². The largest absolute Gasteiger partial charge is 0.335 e. The number of hydrogen-bond donors (Lipinski definition) is 4. The summed E-state index contributed by atoms with van der Waals surface area (Å²) >= 11 is 0. The minimum Gasteiger partial charge on any atom is -0.335 e. The average molecular weight is 626 g/mol. The van der Waals surface area contributed by atoms with Crippen molar-refractivity contribution in [2.75, 3.05) is 11.6 Å². The molecule has 1 saturated carbocycles. The van der Waals surface area contributed by atoms with Gasteiger partial charge in [0, 0.05) is 35.7 Å². The van der Waals surface area contributed by atoms with Gasteiger partial charge >= 0.3 is 0 Å². The SMILES string of the molecule is CS(=O)(=O)C(N)c1cc(F)cc(-c2cncc3[nH]c(-c4n[nH]c5ccc(-c6cncc(NC(=O)C7CCCC7)c6)nc45)nc23)c1. The van der Waals surface area contributed by atoms with Crippen molar-refractivity contribution in [3.05, 3.63) is 72.6 Å². The van der Waals surface area contributed by atoms with Crippen LogP contribution in [-0.4, -0.2) is 55.7 Å². The molecular weight excluding hydrogens is 597 g/mol. The Morgan fingerprint density at radius 2 is 1.78 bits per heavy atom. The second-order valence-electron chi connectivity index (χ2n) is 11.3. The Morgan fingerprint density at radius 1 is 0.978 bits per heavy atom. The fourth-order valence-electron chi connectivity index (χ4n) is 5.74. The van der Waals surface area contributed by atoms with Crippen molar-refractivity contribution in [2.24, 2.45) is 11.7 Å². The van der Waals surface area contributed by atoms with Gasteiger partial charge in [0.05, 0.1) is 40.3 Å².